The van der Waals surface area contributed by atoms with Crippen molar-refractivity contribution in [2.75, 3.05) is 0 Å². The standard InChI is InChI=1S/C23H18BrN3O2S/c24-19-8-4-7-18(12-19)20-15-30-23(25-13-16-5-2-1-3-6-16)27(20)26-14-17-9-10-21(28)22(29)11-17/h1-12,14-15,28-29H,13H2. The Balaban J connectivity index is 1.77. The summed E-state index contributed by atoms with van der Waals surface area (Å²) in [6.45, 7) is 0.550. The summed E-state index contributed by atoms with van der Waals surface area (Å²) >= 11 is 5.04. The molecule has 0 amide bonds. The Kier molecular flexibility index (Phi) is 6.11. The first-order chi connectivity index (χ1) is 14.6. The van der Waals surface area contributed by atoms with Gasteiger partial charge in [0.15, 0.2) is 11.5 Å². The number of aromatic hydroxyl groups is 2. The molecule has 0 atom stereocenters. The average Bonchev–Trinajstić information content (AvgIpc) is 3.16. The van der Waals surface area contributed by atoms with Crippen LogP contribution in [0.15, 0.2) is 92.7 Å². The van der Waals surface area contributed by atoms with Gasteiger partial charge in [-0.3, -0.25) is 4.99 Å². The number of hydrogen-bond donors (Lipinski definition) is 2. The predicted octanol–water partition coefficient (Wildman–Crippen LogP) is 5.37. The fraction of sp³-hybridized carbons (Fsp3) is 0.0435. The summed E-state index contributed by atoms with van der Waals surface area (Å²) in [5.74, 6) is -0.348. The van der Waals surface area contributed by atoms with E-state index in [2.05, 4.69) is 21.0 Å². The number of phenolic OH excluding ortho intramolecular Hbond substituents is 2. The summed E-state index contributed by atoms with van der Waals surface area (Å²) in [4.78, 5) is 5.51. The second-order valence-electron chi connectivity index (χ2n) is 6.52. The minimum absolute atomic E-state index is 0.163. The van der Waals surface area contributed by atoms with E-state index in [9.17, 15) is 10.2 Å². The lowest BCUT2D eigenvalue weighted by Gasteiger charge is -2.05. The number of phenols is 2. The molecule has 150 valence electrons. The molecule has 0 spiro atoms. The molecule has 0 aliphatic rings. The molecule has 3 aromatic carbocycles. The molecule has 30 heavy (non-hydrogen) atoms. The third-order valence-electron chi connectivity index (χ3n) is 4.37. The Morgan fingerprint density at radius 1 is 0.933 bits per heavy atom. The summed E-state index contributed by atoms with van der Waals surface area (Å²) in [5, 5.41) is 25.9. The van der Waals surface area contributed by atoms with Crippen molar-refractivity contribution in [1.82, 2.24) is 4.68 Å². The van der Waals surface area contributed by atoms with Crippen LogP contribution >= 0.6 is 27.3 Å². The first kappa shape index (κ1) is 20.1. The summed E-state index contributed by atoms with van der Waals surface area (Å²) in [6.07, 6.45) is 1.63. The van der Waals surface area contributed by atoms with E-state index < -0.39 is 0 Å². The van der Waals surface area contributed by atoms with Crippen LogP contribution in [0.5, 0.6) is 11.5 Å². The quantitative estimate of drug-likeness (QED) is 0.298. The van der Waals surface area contributed by atoms with Crippen molar-refractivity contribution in [3.63, 3.8) is 0 Å². The predicted molar refractivity (Wildman–Crippen MR) is 124 cm³/mol. The lowest BCUT2D eigenvalue weighted by molar-refractivity contribution is 0.403. The van der Waals surface area contributed by atoms with Crippen molar-refractivity contribution in [1.29, 1.82) is 0 Å². The number of thiazole rings is 1. The third-order valence-corrected chi connectivity index (χ3v) is 5.71. The van der Waals surface area contributed by atoms with Gasteiger partial charge in [0.2, 0.25) is 4.80 Å². The van der Waals surface area contributed by atoms with Crippen molar-refractivity contribution < 1.29 is 10.2 Å². The largest absolute Gasteiger partial charge is 0.504 e. The van der Waals surface area contributed by atoms with Crippen molar-refractivity contribution >= 4 is 33.5 Å². The van der Waals surface area contributed by atoms with Gasteiger partial charge in [-0.2, -0.15) is 5.10 Å². The number of hydrogen-bond acceptors (Lipinski definition) is 5. The molecule has 0 saturated heterocycles. The summed E-state index contributed by atoms with van der Waals surface area (Å²) < 4.78 is 2.77. The van der Waals surface area contributed by atoms with Crippen molar-refractivity contribution in [2.45, 2.75) is 6.54 Å². The molecule has 0 bridgehead atoms. The van der Waals surface area contributed by atoms with Gasteiger partial charge in [0.25, 0.3) is 0 Å². The Morgan fingerprint density at radius 3 is 2.53 bits per heavy atom. The Bertz CT molecular complexity index is 1260. The van der Waals surface area contributed by atoms with Gasteiger partial charge in [0.05, 0.1) is 18.5 Å². The van der Waals surface area contributed by atoms with Crippen LogP contribution in [0.4, 0.5) is 0 Å². The molecule has 4 aromatic rings. The number of rotatable bonds is 5. The minimum atomic E-state index is -0.185. The van der Waals surface area contributed by atoms with E-state index in [1.54, 1.807) is 17.0 Å². The van der Waals surface area contributed by atoms with Crippen LogP contribution < -0.4 is 4.80 Å². The monoisotopic (exact) mass is 479 g/mol. The fourth-order valence-electron chi connectivity index (χ4n) is 2.85. The van der Waals surface area contributed by atoms with Gasteiger partial charge in [0, 0.05) is 15.4 Å². The zero-order valence-electron chi connectivity index (χ0n) is 15.8. The van der Waals surface area contributed by atoms with Crippen LogP contribution in [0.1, 0.15) is 11.1 Å². The Hall–Kier alpha value is -3.16. The topological polar surface area (TPSA) is 70.1 Å². The molecule has 0 aliphatic heterocycles. The van der Waals surface area contributed by atoms with Crippen LogP contribution in [0.25, 0.3) is 11.3 Å². The molecule has 5 nitrogen and oxygen atoms in total. The van der Waals surface area contributed by atoms with Crippen molar-refractivity contribution in [3.8, 4) is 22.8 Å². The highest BCUT2D eigenvalue weighted by molar-refractivity contribution is 9.10. The van der Waals surface area contributed by atoms with E-state index in [-0.39, 0.29) is 11.5 Å². The zero-order chi connectivity index (χ0) is 20.9. The maximum Gasteiger partial charge on any atom is 0.206 e. The van der Waals surface area contributed by atoms with Gasteiger partial charge < -0.3 is 10.2 Å². The second kappa shape index (κ2) is 9.11. The summed E-state index contributed by atoms with van der Waals surface area (Å²) in [7, 11) is 0. The number of nitrogens with zero attached hydrogens (tertiary/aromatic N) is 3. The SMILES string of the molecule is Oc1ccc(C=Nn2c(-c3cccc(Br)c3)csc2=NCc2ccccc2)cc1O. The lowest BCUT2D eigenvalue weighted by Crippen LogP contribution is -2.12. The molecule has 0 fully saturated rings. The van der Waals surface area contributed by atoms with E-state index in [4.69, 9.17) is 4.99 Å². The normalized spacial score (nSPS) is 12.0. The molecule has 0 aliphatic carbocycles. The van der Waals surface area contributed by atoms with Crippen molar-refractivity contribution in [3.05, 3.63) is 98.6 Å². The highest BCUT2D eigenvalue weighted by atomic mass is 79.9. The maximum atomic E-state index is 9.75. The molecule has 0 unspecified atom stereocenters. The molecular weight excluding hydrogens is 462 g/mol. The van der Waals surface area contributed by atoms with Crippen LogP contribution in [-0.2, 0) is 6.54 Å². The van der Waals surface area contributed by atoms with Gasteiger partial charge in [-0.25, -0.2) is 4.68 Å². The van der Waals surface area contributed by atoms with Gasteiger partial charge in [-0.05, 0) is 41.5 Å². The smallest absolute Gasteiger partial charge is 0.206 e. The highest BCUT2D eigenvalue weighted by Gasteiger charge is 2.08. The highest BCUT2D eigenvalue weighted by Crippen LogP contribution is 2.25. The first-order valence-electron chi connectivity index (χ1n) is 9.17. The fourth-order valence-corrected chi connectivity index (χ4v) is 4.09. The van der Waals surface area contributed by atoms with Gasteiger partial charge in [-0.15, -0.1) is 11.3 Å². The van der Waals surface area contributed by atoms with Crippen LogP contribution in [0.2, 0.25) is 0 Å². The van der Waals surface area contributed by atoms with Crippen LogP contribution in [0.3, 0.4) is 0 Å². The Morgan fingerprint density at radius 2 is 1.77 bits per heavy atom. The van der Waals surface area contributed by atoms with E-state index in [1.165, 1.54) is 23.5 Å². The molecular formula is C23H18BrN3O2S. The lowest BCUT2D eigenvalue weighted by atomic mass is 10.2. The maximum absolute atomic E-state index is 9.75. The van der Waals surface area contributed by atoms with Crippen LogP contribution in [-0.4, -0.2) is 21.1 Å². The molecule has 7 heteroatoms. The molecule has 2 N–H and O–H groups in total. The zero-order valence-corrected chi connectivity index (χ0v) is 18.2. The first-order valence-corrected chi connectivity index (χ1v) is 10.8. The van der Waals surface area contributed by atoms with E-state index in [1.807, 2.05) is 60.0 Å². The summed E-state index contributed by atoms with van der Waals surface area (Å²) in [6, 6.07) is 22.6. The number of aromatic nitrogens is 1. The Labute approximate surface area is 186 Å². The molecule has 1 heterocycles. The average molecular weight is 480 g/mol. The molecule has 0 radical (unpaired) electrons. The minimum Gasteiger partial charge on any atom is -0.504 e. The molecule has 0 saturated carbocycles. The molecule has 1 aromatic heterocycles. The van der Waals surface area contributed by atoms with E-state index in [0.717, 1.165) is 26.1 Å². The number of benzene rings is 3. The third kappa shape index (κ3) is 4.69. The molecule has 4 rings (SSSR count). The van der Waals surface area contributed by atoms with Crippen molar-refractivity contribution in [2.24, 2.45) is 10.1 Å². The number of halogens is 1. The van der Waals surface area contributed by atoms with E-state index >= 15 is 0 Å². The van der Waals surface area contributed by atoms with E-state index in [0.29, 0.717) is 12.1 Å². The van der Waals surface area contributed by atoms with Crippen LogP contribution in [0, 0.1) is 0 Å². The second-order valence-corrected chi connectivity index (χ2v) is 8.27. The van der Waals surface area contributed by atoms with Gasteiger partial charge in [-0.1, -0.05) is 58.4 Å². The van der Waals surface area contributed by atoms with Gasteiger partial charge in [0.1, 0.15) is 0 Å². The summed E-state index contributed by atoms with van der Waals surface area (Å²) in [5.41, 5.74) is 3.70. The van der Waals surface area contributed by atoms with Gasteiger partial charge >= 0.3 is 0 Å².